The third kappa shape index (κ3) is 4.35. The maximum Gasteiger partial charge on any atom is 0.338 e. The summed E-state index contributed by atoms with van der Waals surface area (Å²) in [6.45, 7) is 8.18. The van der Waals surface area contributed by atoms with Gasteiger partial charge in [-0.15, -0.1) is 0 Å². The number of nitrogens with zero attached hydrogens (tertiary/aromatic N) is 1. The van der Waals surface area contributed by atoms with Crippen LogP contribution in [0.3, 0.4) is 0 Å². The molecule has 2 aliphatic rings. The van der Waals surface area contributed by atoms with Gasteiger partial charge in [0.2, 0.25) is 5.91 Å². The fraction of sp³-hybridized carbons (Fsp3) is 0.476. The fourth-order valence-electron chi connectivity index (χ4n) is 3.34. The van der Waals surface area contributed by atoms with Crippen molar-refractivity contribution in [1.82, 2.24) is 10.2 Å². The first-order chi connectivity index (χ1) is 13.3. The van der Waals surface area contributed by atoms with Gasteiger partial charge in [0, 0.05) is 23.8 Å². The Morgan fingerprint density at radius 1 is 1.36 bits per heavy atom. The Labute approximate surface area is 171 Å². The summed E-state index contributed by atoms with van der Waals surface area (Å²) in [5, 5.41) is 6.80. The minimum Gasteiger partial charge on any atom is -0.459 e. The second kappa shape index (κ2) is 8.31. The van der Waals surface area contributed by atoms with Gasteiger partial charge in [-0.1, -0.05) is 12.1 Å². The van der Waals surface area contributed by atoms with Crippen LogP contribution in [0.4, 0.5) is 5.69 Å². The molecular formula is C21H27N3O3S. The van der Waals surface area contributed by atoms with Crippen molar-refractivity contribution in [3.8, 4) is 0 Å². The molecular weight excluding hydrogens is 374 g/mol. The highest BCUT2D eigenvalue weighted by atomic mass is 32.1. The molecule has 3 rings (SSSR count). The molecule has 1 amide bonds. The van der Waals surface area contributed by atoms with E-state index in [4.69, 9.17) is 17.0 Å². The summed E-state index contributed by atoms with van der Waals surface area (Å²) in [7, 11) is 0. The number of nitrogens with one attached hydrogen (secondary N) is 2. The van der Waals surface area contributed by atoms with Crippen molar-refractivity contribution in [2.75, 3.05) is 11.9 Å². The fourth-order valence-corrected chi connectivity index (χ4v) is 3.72. The Kier molecular flexibility index (Phi) is 6.03. The van der Waals surface area contributed by atoms with Crippen molar-refractivity contribution in [2.24, 2.45) is 5.92 Å². The van der Waals surface area contributed by atoms with Crippen LogP contribution in [0, 0.1) is 5.92 Å². The Hall–Kier alpha value is -2.41. The average Bonchev–Trinajstić information content (AvgIpc) is 3.46. The van der Waals surface area contributed by atoms with E-state index in [1.807, 2.05) is 56.9 Å². The third-order valence-electron chi connectivity index (χ3n) is 4.91. The van der Waals surface area contributed by atoms with Crippen molar-refractivity contribution in [3.05, 3.63) is 41.1 Å². The zero-order valence-electron chi connectivity index (χ0n) is 16.7. The number of ether oxygens (including phenoxy) is 1. The van der Waals surface area contributed by atoms with E-state index in [1.54, 1.807) is 0 Å². The summed E-state index contributed by atoms with van der Waals surface area (Å²) >= 11 is 5.51. The molecule has 0 unspecified atom stereocenters. The highest BCUT2D eigenvalue weighted by molar-refractivity contribution is 7.80. The molecule has 7 heteroatoms. The Balaban J connectivity index is 1.95. The first kappa shape index (κ1) is 20.3. The molecule has 1 saturated carbocycles. The Morgan fingerprint density at radius 2 is 2.07 bits per heavy atom. The van der Waals surface area contributed by atoms with Crippen molar-refractivity contribution in [1.29, 1.82) is 0 Å². The molecule has 1 atom stereocenters. The van der Waals surface area contributed by atoms with Crippen LogP contribution in [-0.4, -0.2) is 34.5 Å². The molecule has 2 N–H and O–H groups in total. The molecule has 1 fully saturated rings. The van der Waals surface area contributed by atoms with Gasteiger partial charge in [-0.2, -0.15) is 0 Å². The summed E-state index contributed by atoms with van der Waals surface area (Å²) in [6.07, 6.45) is 1.68. The molecule has 0 aromatic heterocycles. The van der Waals surface area contributed by atoms with Gasteiger partial charge in [-0.25, -0.2) is 4.79 Å². The van der Waals surface area contributed by atoms with Crippen LogP contribution in [0.25, 0.3) is 0 Å². The van der Waals surface area contributed by atoms with Crippen molar-refractivity contribution in [2.45, 2.75) is 52.7 Å². The van der Waals surface area contributed by atoms with E-state index in [2.05, 4.69) is 10.6 Å². The minimum absolute atomic E-state index is 0.0487. The van der Waals surface area contributed by atoms with Crippen molar-refractivity contribution < 1.29 is 14.3 Å². The largest absolute Gasteiger partial charge is 0.459 e. The zero-order valence-corrected chi connectivity index (χ0v) is 17.6. The number of hydrogen-bond donors (Lipinski definition) is 2. The molecule has 6 nitrogen and oxygen atoms in total. The number of thiocarbonyl (C=S) groups is 1. The molecule has 150 valence electrons. The number of benzene rings is 1. The topological polar surface area (TPSA) is 70.7 Å². The predicted molar refractivity (Wildman–Crippen MR) is 113 cm³/mol. The van der Waals surface area contributed by atoms with Gasteiger partial charge < -0.3 is 20.3 Å². The van der Waals surface area contributed by atoms with E-state index >= 15 is 0 Å². The summed E-state index contributed by atoms with van der Waals surface area (Å²) in [5.41, 5.74) is 2.89. The molecule has 0 radical (unpaired) electrons. The molecule has 1 aromatic rings. The maximum atomic E-state index is 12.9. The zero-order chi connectivity index (χ0) is 20.4. The quantitative estimate of drug-likeness (QED) is 0.562. The number of carbonyl (C=O) groups excluding carboxylic acids is 2. The Bertz CT molecular complexity index is 830. The summed E-state index contributed by atoms with van der Waals surface area (Å²) in [4.78, 5) is 26.9. The number of rotatable bonds is 6. The van der Waals surface area contributed by atoms with E-state index in [-0.39, 0.29) is 23.9 Å². The lowest BCUT2D eigenvalue weighted by atomic mass is 9.94. The van der Waals surface area contributed by atoms with Crippen LogP contribution in [0.15, 0.2) is 35.5 Å². The lowest BCUT2D eigenvalue weighted by molar-refractivity contribution is -0.143. The van der Waals surface area contributed by atoms with Crippen LogP contribution < -0.4 is 10.6 Å². The molecule has 1 aliphatic heterocycles. The van der Waals surface area contributed by atoms with Gasteiger partial charge in [0.1, 0.15) is 0 Å². The first-order valence-electron chi connectivity index (χ1n) is 9.72. The van der Waals surface area contributed by atoms with Gasteiger partial charge in [0.25, 0.3) is 0 Å². The summed E-state index contributed by atoms with van der Waals surface area (Å²) < 4.78 is 5.50. The van der Waals surface area contributed by atoms with E-state index in [1.165, 1.54) is 0 Å². The van der Waals surface area contributed by atoms with Gasteiger partial charge in [-0.05, 0) is 70.5 Å². The monoisotopic (exact) mass is 401 g/mol. The van der Waals surface area contributed by atoms with Gasteiger partial charge >= 0.3 is 5.97 Å². The smallest absolute Gasteiger partial charge is 0.338 e. The van der Waals surface area contributed by atoms with Crippen LogP contribution >= 0.6 is 12.2 Å². The van der Waals surface area contributed by atoms with Crippen LogP contribution in [-0.2, 0) is 14.3 Å². The lowest BCUT2D eigenvalue weighted by Gasteiger charge is -2.37. The van der Waals surface area contributed by atoms with Crippen molar-refractivity contribution in [3.63, 3.8) is 0 Å². The second-order valence-corrected chi connectivity index (χ2v) is 7.86. The van der Waals surface area contributed by atoms with Crippen molar-refractivity contribution >= 4 is 34.9 Å². The highest BCUT2D eigenvalue weighted by Gasteiger charge is 2.35. The lowest BCUT2D eigenvalue weighted by Crippen LogP contribution is -2.47. The number of esters is 1. The third-order valence-corrected chi connectivity index (χ3v) is 5.25. The van der Waals surface area contributed by atoms with E-state index in [0.29, 0.717) is 22.9 Å². The molecule has 1 aliphatic carbocycles. The molecule has 0 spiro atoms. The van der Waals surface area contributed by atoms with Gasteiger partial charge in [-0.3, -0.25) is 4.79 Å². The normalized spacial score (nSPS) is 19.5. The van der Waals surface area contributed by atoms with Gasteiger partial charge in [0.05, 0.1) is 17.7 Å². The van der Waals surface area contributed by atoms with E-state index in [9.17, 15) is 9.59 Å². The summed E-state index contributed by atoms with van der Waals surface area (Å²) in [6, 6.07) is 7.10. The minimum atomic E-state index is -0.431. The summed E-state index contributed by atoms with van der Waals surface area (Å²) in [5.74, 6) is -0.188. The van der Waals surface area contributed by atoms with E-state index < -0.39 is 6.04 Å². The van der Waals surface area contributed by atoms with Crippen LogP contribution in [0.1, 0.15) is 52.1 Å². The van der Waals surface area contributed by atoms with Crippen LogP contribution in [0.2, 0.25) is 0 Å². The standard InChI is InChI=1S/C21H27N3O3S/c1-5-24-13(4)17(20(26)27-12(2)3)18(23-21(24)28)15-7-6-8-16(11-15)22-19(25)14-9-10-14/h6-8,11-12,14,18H,5,9-10H2,1-4H3,(H,22,25)(H,23,28)/t18-/m0/s1. The molecule has 0 saturated heterocycles. The molecule has 1 heterocycles. The molecule has 0 bridgehead atoms. The van der Waals surface area contributed by atoms with E-state index in [0.717, 1.165) is 24.1 Å². The predicted octanol–water partition coefficient (Wildman–Crippen LogP) is 3.51. The molecule has 1 aromatic carbocycles. The SMILES string of the molecule is CCN1C(=S)N[C@@H](c2cccc(NC(=O)C3CC3)c2)C(C(=O)OC(C)C)=C1C. The van der Waals surface area contributed by atoms with Gasteiger partial charge in [0.15, 0.2) is 5.11 Å². The number of anilines is 1. The maximum absolute atomic E-state index is 12.9. The van der Waals surface area contributed by atoms with Crippen LogP contribution in [0.5, 0.6) is 0 Å². The average molecular weight is 402 g/mol. The number of amides is 1. The number of carbonyl (C=O) groups is 2. The number of allylic oxidation sites excluding steroid dienone is 1. The number of hydrogen-bond acceptors (Lipinski definition) is 4. The molecule has 28 heavy (non-hydrogen) atoms. The highest BCUT2D eigenvalue weighted by Crippen LogP contribution is 2.34. The first-order valence-corrected chi connectivity index (χ1v) is 10.1. The second-order valence-electron chi connectivity index (χ2n) is 7.47. The Morgan fingerprint density at radius 3 is 2.68 bits per heavy atom.